The maximum absolute atomic E-state index is 12.4. The number of nitrogens with one attached hydrogen (secondary N) is 1. The number of aliphatic imine (C=N–C) groups is 1. The number of piperidine rings is 1. The van der Waals surface area contributed by atoms with E-state index in [1.165, 1.54) is 39.0 Å². The van der Waals surface area contributed by atoms with Crippen LogP contribution in [0.3, 0.4) is 0 Å². The van der Waals surface area contributed by atoms with E-state index in [2.05, 4.69) is 32.4 Å². The minimum absolute atomic E-state index is 0.0715. The first-order valence-electron chi connectivity index (χ1n) is 11.9. The van der Waals surface area contributed by atoms with Crippen LogP contribution in [-0.2, 0) is 9.47 Å². The Labute approximate surface area is 222 Å². The van der Waals surface area contributed by atoms with Crippen LogP contribution in [0.1, 0.15) is 43.0 Å². The molecule has 2 aromatic carbocycles. The molecular formula is C26H31Cl2N5O3. The summed E-state index contributed by atoms with van der Waals surface area (Å²) in [4.78, 5) is 19.2. The standard InChI is InChI=1S/C26H31Cl2N5O3/c1-19-6-3-4-14-33(19)15-5-13-29-26(34)20-7-10-22(11-8-20)30-18-36-25(17-35-2)32-31-24-12-9-21(27)16-23(24)28/h7-12,16-19H,3-6,13-15H2,1-2H3,(H,29,34)/b25-17+,30-18?,32-31?. The third kappa shape index (κ3) is 8.93. The topological polar surface area (TPSA) is 87.9 Å². The summed E-state index contributed by atoms with van der Waals surface area (Å²) < 4.78 is 10.4. The summed E-state index contributed by atoms with van der Waals surface area (Å²) in [5, 5.41) is 11.9. The van der Waals surface area contributed by atoms with Crippen molar-refractivity contribution in [2.75, 3.05) is 26.7 Å². The van der Waals surface area contributed by atoms with Crippen molar-refractivity contribution in [2.45, 2.75) is 38.6 Å². The molecule has 1 aliphatic heterocycles. The molecule has 36 heavy (non-hydrogen) atoms. The highest BCUT2D eigenvalue weighted by molar-refractivity contribution is 6.36. The molecular weight excluding hydrogens is 501 g/mol. The number of rotatable bonds is 11. The van der Waals surface area contributed by atoms with E-state index >= 15 is 0 Å². The van der Waals surface area contributed by atoms with Crippen LogP contribution < -0.4 is 5.32 Å². The Balaban J connectivity index is 1.46. The highest BCUT2D eigenvalue weighted by atomic mass is 35.5. The first-order chi connectivity index (χ1) is 17.5. The predicted octanol–water partition coefficient (Wildman–Crippen LogP) is 6.89. The Morgan fingerprint density at radius 3 is 2.72 bits per heavy atom. The number of ether oxygens (including phenoxy) is 2. The van der Waals surface area contributed by atoms with Crippen LogP contribution in [0.25, 0.3) is 0 Å². The molecule has 0 saturated carbocycles. The van der Waals surface area contributed by atoms with Gasteiger partial charge < -0.3 is 19.7 Å². The van der Waals surface area contributed by atoms with Gasteiger partial charge in [0, 0.05) is 29.7 Å². The normalized spacial score (nSPS) is 17.0. The average molecular weight is 532 g/mol. The molecule has 1 atom stereocenters. The molecule has 1 amide bonds. The van der Waals surface area contributed by atoms with Crippen LogP contribution in [0.4, 0.5) is 11.4 Å². The first-order valence-corrected chi connectivity index (χ1v) is 12.6. The number of carbonyl (C=O) groups is 1. The van der Waals surface area contributed by atoms with Crippen molar-refractivity contribution in [2.24, 2.45) is 15.2 Å². The summed E-state index contributed by atoms with van der Waals surface area (Å²) in [6.07, 6.45) is 7.27. The highest BCUT2D eigenvalue weighted by Gasteiger charge is 2.17. The Kier molecular flexibility index (Phi) is 11.2. The van der Waals surface area contributed by atoms with Crippen molar-refractivity contribution in [1.82, 2.24) is 10.2 Å². The van der Waals surface area contributed by atoms with E-state index in [9.17, 15) is 4.79 Å². The molecule has 0 aromatic heterocycles. The van der Waals surface area contributed by atoms with Crippen LogP contribution in [0.15, 0.2) is 69.8 Å². The van der Waals surface area contributed by atoms with Gasteiger partial charge in [-0.3, -0.25) is 4.79 Å². The maximum Gasteiger partial charge on any atom is 0.274 e. The van der Waals surface area contributed by atoms with Gasteiger partial charge in [-0.15, -0.1) is 10.2 Å². The second kappa shape index (κ2) is 14.6. The van der Waals surface area contributed by atoms with E-state index in [-0.39, 0.29) is 11.8 Å². The molecule has 192 valence electrons. The van der Waals surface area contributed by atoms with Crippen molar-refractivity contribution in [1.29, 1.82) is 0 Å². The lowest BCUT2D eigenvalue weighted by Crippen LogP contribution is -2.39. The van der Waals surface area contributed by atoms with Gasteiger partial charge in [-0.25, -0.2) is 4.99 Å². The van der Waals surface area contributed by atoms with E-state index in [1.54, 1.807) is 42.5 Å². The van der Waals surface area contributed by atoms with Gasteiger partial charge in [0.2, 0.25) is 0 Å². The summed E-state index contributed by atoms with van der Waals surface area (Å²) in [5.74, 6) is -0.0257. The number of carbonyl (C=O) groups excluding carboxylic acids is 1. The van der Waals surface area contributed by atoms with Crippen LogP contribution in [0.5, 0.6) is 0 Å². The van der Waals surface area contributed by atoms with Gasteiger partial charge in [0.1, 0.15) is 11.9 Å². The number of amides is 1. The number of azo groups is 1. The molecule has 1 aliphatic rings. The summed E-state index contributed by atoms with van der Waals surface area (Å²) >= 11 is 12.0. The zero-order valence-electron chi connectivity index (χ0n) is 20.5. The van der Waals surface area contributed by atoms with E-state index in [1.807, 2.05) is 0 Å². The van der Waals surface area contributed by atoms with E-state index in [0.717, 1.165) is 19.5 Å². The quantitative estimate of drug-likeness (QED) is 0.112. The molecule has 10 heteroatoms. The SMILES string of the molecule is CO/C=C(\N=Nc1ccc(Cl)cc1Cl)OC=Nc1ccc(C(=O)NCCCN2CCCCC2C)cc1. The van der Waals surface area contributed by atoms with Crippen LogP contribution in [0.2, 0.25) is 10.0 Å². The monoisotopic (exact) mass is 531 g/mol. The minimum atomic E-state index is -0.0972. The fourth-order valence-electron chi connectivity index (χ4n) is 3.76. The largest absolute Gasteiger partial charge is 0.499 e. The van der Waals surface area contributed by atoms with Crippen molar-refractivity contribution >= 4 is 46.9 Å². The third-order valence-electron chi connectivity index (χ3n) is 5.74. The molecule has 1 N–H and O–H groups in total. The maximum atomic E-state index is 12.4. The van der Waals surface area contributed by atoms with Crippen LogP contribution in [-0.4, -0.2) is 50.0 Å². The average Bonchev–Trinajstić information content (AvgIpc) is 2.87. The summed E-state index contributed by atoms with van der Waals surface area (Å²) in [5.41, 5.74) is 1.62. The van der Waals surface area contributed by atoms with E-state index in [0.29, 0.717) is 39.6 Å². The molecule has 8 nitrogen and oxygen atoms in total. The summed E-state index contributed by atoms with van der Waals surface area (Å²) in [6.45, 7) is 5.10. The van der Waals surface area contributed by atoms with Gasteiger partial charge in [-0.1, -0.05) is 29.6 Å². The third-order valence-corrected chi connectivity index (χ3v) is 6.28. The Morgan fingerprint density at radius 2 is 2.00 bits per heavy atom. The zero-order valence-corrected chi connectivity index (χ0v) is 22.0. The number of hydrogen-bond acceptors (Lipinski definition) is 7. The number of hydrogen-bond donors (Lipinski definition) is 1. The number of likely N-dealkylation sites (tertiary alicyclic amines) is 1. The van der Waals surface area contributed by atoms with Gasteiger partial charge in [0.15, 0.2) is 6.40 Å². The molecule has 2 aromatic rings. The second-order valence-corrected chi connectivity index (χ2v) is 9.22. The molecule has 0 radical (unpaired) electrons. The molecule has 1 fully saturated rings. The number of nitrogens with zero attached hydrogens (tertiary/aromatic N) is 4. The molecule has 0 bridgehead atoms. The molecule has 0 spiro atoms. The van der Waals surface area contributed by atoms with Gasteiger partial charge in [-0.2, -0.15) is 0 Å². The van der Waals surface area contributed by atoms with Gasteiger partial charge >= 0.3 is 0 Å². The molecule has 1 unspecified atom stereocenters. The van der Waals surface area contributed by atoms with Crippen molar-refractivity contribution < 1.29 is 14.3 Å². The van der Waals surface area contributed by atoms with Gasteiger partial charge in [0.05, 0.1) is 17.8 Å². The van der Waals surface area contributed by atoms with Gasteiger partial charge in [0.25, 0.3) is 11.8 Å². The Hall–Kier alpha value is -2.94. The lowest BCUT2D eigenvalue weighted by molar-refractivity contribution is 0.0949. The van der Waals surface area contributed by atoms with Crippen LogP contribution in [0, 0.1) is 0 Å². The lowest BCUT2D eigenvalue weighted by atomic mass is 10.0. The van der Waals surface area contributed by atoms with Crippen molar-refractivity contribution in [3.63, 3.8) is 0 Å². The minimum Gasteiger partial charge on any atom is -0.499 e. The fraction of sp³-hybridized carbons (Fsp3) is 0.385. The highest BCUT2D eigenvalue weighted by Crippen LogP contribution is 2.28. The Bertz CT molecular complexity index is 1090. The second-order valence-electron chi connectivity index (χ2n) is 8.38. The number of benzene rings is 2. The lowest BCUT2D eigenvalue weighted by Gasteiger charge is -2.33. The van der Waals surface area contributed by atoms with Crippen molar-refractivity contribution in [3.8, 4) is 0 Å². The predicted molar refractivity (Wildman–Crippen MR) is 144 cm³/mol. The Morgan fingerprint density at radius 1 is 1.19 bits per heavy atom. The first kappa shape index (κ1) is 27.6. The molecule has 0 aliphatic carbocycles. The number of halogens is 2. The van der Waals surface area contributed by atoms with Crippen LogP contribution >= 0.6 is 23.2 Å². The molecule has 3 rings (SSSR count). The zero-order chi connectivity index (χ0) is 25.8. The number of methoxy groups -OCH3 is 1. The van der Waals surface area contributed by atoms with Gasteiger partial charge in [-0.05, 0) is 75.2 Å². The van der Waals surface area contributed by atoms with Crippen molar-refractivity contribution in [3.05, 3.63) is 70.2 Å². The fourth-order valence-corrected chi connectivity index (χ4v) is 4.20. The molecule has 1 saturated heterocycles. The molecule has 1 heterocycles. The van der Waals surface area contributed by atoms with E-state index in [4.69, 9.17) is 32.7 Å². The smallest absolute Gasteiger partial charge is 0.274 e. The summed E-state index contributed by atoms with van der Waals surface area (Å²) in [6, 6.07) is 12.4. The van der Waals surface area contributed by atoms with E-state index < -0.39 is 0 Å². The summed E-state index contributed by atoms with van der Waals surface area (Å²) in [7, 11) is 1.46.